The zero-order valence-electron chi connectivity index (χ0n) is 6.18. The summed E-state index contributed by atoms with van der Waals surface area (Å²) in [5.41, 5.74) is 0.768. The molecule has 0 aliphatic carbocycles. The Bertz CT molecular complexity index is 267. The molecular weight excluding hydrogens is 226 g/mol. The lowest BCUT2D eigenvalue weighted by atomic mass is 10.2. The van der Waals surface area contributed by atoms with E-state index in [1.165, 1.54) is 6.08 Å². The Kier molecular flexibility index (Phi) is 3.41. The molecule has 0 heterocycles. The van der Waals surface area contributed by atoms with Crippen LogP contribution in [-0.4, -0.2) is 6.43 Å². The number of hydrogen-bond donors (Lipinski definition) is 0. The van der Waals surface area contributed by atoms with Gasteiger partial charge in [-0.05, 0) is 27.6 Å². The summed E-state index contributed by atoms with van der Waals surface area (Å²) in [5.74, 6) is 0. The molecule has 1 aromatic carbocycles. The SMILES string of the molecule is FC(F)/C(Br)=C/c1ccccc1. The van der Waals surface area contributed by atoms with Crippen molar-refractivity contribution in [3.05, 3.63) is 40.4 Å². The van der Waals surface area contributed by atoms with E-state index < -0.39 is 6.43 Å². The number of rotatable bonds is 2. The van der Waals surface area contributed by atoms with Crippen LogP contribution in [0.1, 0.15) is 5.56 Å². The topological polar surface area (TPSA) is 0 Å². The van der Waals surface area contributed by atoms with Gasteiger partial charge in [0.05, 0.1) is 4.48 Å². The third-order valence-corrected chi connectivity index (χ3v) is 1.89. The number of allylic oxidation sites excluding steroid dienone is 1. The molecule has 0 spiro atoms. The van der Waals surface area contributed by atoms with Gasteiger partial charge >= 0.3 is 0 Å². The zero-order valence-corrected chi connectivity index (χ0v) is 7.76. The van der Waals surface area contributed by atoms with Gasteiger partial charge in [-0.2, -0.15) is 0 Å². The molecule has 0 amide bonds. The minimum Gasteiger partial charge on any atom is -0.204 e. The highest BCUT2D eigenvalue weighted by molar-refractivity contribution is 9.11. The van der Waals surface area contributed by atoms with Gasteiger partial charge in [-0.25, -0.2) is 8.78 Å². The van der Waals surface area contributed by atoms with E-state index in [4.69, 9.17) is 0 Å². The Balaban J connectivity index is 2.81. The van der Waals surface area contributed by atoms with E-state index in [2.05, 4.69) is 15.9 Å². The van der Waals surface area contributed by atoms with Crippen molar-refractivity contribution in [3.63, 3.8) is 0 Å². The van der Waals surface area contributed by atoms with Crippen LogP contribution in [0.15, 0.2) is 34.8 Å². The maximum Gasteiger partial charge on any atom is 0.270 e. The summed E-state index contributed by atoms with van der Waals surface area (Å²) in [5, 5.41) is 0. The minimum atomic E-state index is -2.44. The van der Waals surface area contributed by atoms with Crippen LogP contribution in [0.4, 0.5) is 8.78 Å². The Hall–Kier alpha value is -0.700. The average molecular weight is 233 g/mol. The van der Waals surface area contributed by atoms with E-state index in [0.29, 0.717) is 0 Å². The quantitative estimate of drug-likeness (QED) is 0.730. The largest absolute Gasteiger partial charge is 0.270 e. The van der Waals surface area contributed by atoms with Crippen molar-refractivity contribution in [2.24, 2.45) is 0 Å². The molecule has 12 heavy (non-hydrogen) atoms. The molecule has 0 aliphatic rings. The molecular formula is C9H7BrF2. The maximum absolute atomic E-state index is 12.0. The van der Waals surface area contributed by atoms with Crippen LogP contribution in [-0.2, 0) is 0 Å². The second-order valence-corrected chi connectivity index (χ2v) is 3.16. The molecule has 0 fully saturated rings. The molecule has 0 radical (unpaired) electrons. The Morgan fingerprint density at radius 3 is 2.33 bits per heavy atom. The molecule has 1 aromatic rings. The molecule has 0 saturated carbocycles. The molecule has 0 aromatic heterocycles. The highest BCUT2D eigenvalue weighted by atomic mass is 79.9. The fourth-order valence-corrected chi connectivity index (χ4v) is 1.04. The van der Waals surface area contributed by atoms with Gasteiger partial charge in [-0.3, -0.25) is 0 Å². The summed E-state index contributed by atoms with van der Waals surface area (Å²) >= 11 is 2.79. The third-order valence-electron chi connectivity index (χ3n) is 1.31. The van der Waals surface area contributed by atoms with Crippen LogP contribution in [0.2, 0.25) is 0 Å². The highest BCUT2D eigenvalue weighted by Gasteiger charge is 2.05. The molecule has 0 N–H and O–H groups in total. The normalized spacial score (nSPS) is 12.2. The predicted octanol–water partition coefficient (Wildman–Crippen LogP) is 3.69. The maximum atomic E-state index is 12.0. The van der Waals surface area contributed by atoms with Gasteiger partial charge in [0.25, 0.3) is 6.43 Å². The highest BCUT2D eigenvalue weighted by Crippen LogP contribution is 2.18. The summed E-state index contributed by atoms with van der Waals surface area (Å²) in [6.07, 6.45) is -1.03. The molecule has 0 atom stereocenters. The summed E-state index contributed by atoms with van der Waals surface area (Å²) in [6, 6.07) is 8.98. The van der Waals surface area contributed by atoms with Crippen LogP contribution < -0.4 is 0 Å². The Morgan fingerprint density at radius 2 is 1.83 bits per heavy atom. The predicted molar refractivity (Wildman–Crippen MR) is 49.4 cm³/mol. The van der Waals surface area contributed by atoms with Gasteiger partial charge in [0.1, 0.15) is 0 Å². The number of benzene rings is 1. The summed E-state index contributed by atoms with van der Waals surface area (Å²) in [4.78, 5) is 0. The van der Waals surface area contributed by atoms with E-state index >= 15 is 0 Å². The van der Waals surface area contributed by atoms with Crippen molar-refractivity contribution < 1.29 is 8.78 Å². The van der Waals surface area contributed by atoms with Crippen molar-refractivity contribution in [1.29, 1.82) is 0 Å². The first-order chi connectivity index (χ1) is 5.70. The van der Waals surface area contributed by atoms with Crippen LogP contribution >= 0.6 is 15.9 Å². The molecule has 3 heteroatoms. The molecule has 0 aliphatic heterocycles. The Morgan fingerprint density at radius 1 is 1.25 bits per heavy atom. The van der Waals surface area contributed by atoms with Gasteiger partial charge < -0.3 is 0 Å². The van der Waals surface area contributed by atoms with Gasteiger partial charge in [0.2, 0.25) is 0 Å². The van der Waals surface area contributed by atoms with Crippen molar-refractivity contribution in [2.45, 2.75) is 6.43 Å². The van der Waals surface area contributed by atoms with Crippen molar-refractivity contribution in [3.8, 4) is 0 Å². The average Bonchev–Trinajstić information content (AvgIpc) is 2.06. The fraction of sp³-hybridized carbons (Fsp3) is 0.111. The second kappa shape index (κ2) is 4.36. The van der Waals surface area contributed by atoms with Crippen LogP contribution in [0.3, 0.4) is 0 Å². The lowest BCUT2D eigenvalue weighted by molar-refractivity contribution is 0.202. The lowest BCUT2D eigenvalue weighted by Crippen LogP contribution is -1.87. The molecule has 1 rings (SSSR count). The van der Waals surface area contributed by atoms with Crippen molar-refractivity contribution in [2.75, 3.05) is 0 Å². The number of alkyl halides is 2. The lowest BCUT2D eigenvalue weighted by Gasteiger charge is -1.96. The summed E-state index contributed by atoms with van der Waals surface area (Å²) < 4.78 is 23.9. The first-order valence-electron chi connectivity index (χ1n) is 3.40. The van der Waals surface area contributed by atoms with Crippen molar-refractivity contribution >= 4 is 22.0 Å². The van der Waals surface area contributed by atoms with Crippen LogP contribution in [0, 0.1) is 0 Å². The summed E-state index contributed by atoms with van der Waals surface area (Å²) in [7, 11) is 0. The molecule has 0 saturated heterocycles. The number of halogens is 3. The monoisotopic (exact) mass is 232 g/mol. The minimum absolute atomic E-state index is 0.0892. The van der Waals surface area contributed by atoms with Crippen LogP contribution in [0.5, 0.6) is 0 Å². The Labute approximate surface area is 78.0 Å². The zero-order chi connectivity index (χ0) is 8.97. The smallest absolute Gasteiger partial charge is 0.204 e. The molecule has 0 unspecified atom stereocenters. The molecule has 0 nitrogen and oxygen atoms in total. The first kappa shape index (κ1) is 9.39. The van der Waals surface area contributed by atoms with Gasteiger partial charge in [0, 0.05) is 0 Å². The van der Waals surface area contributed by atoms with E-state index in [-0.39, 0.29) is 4.48 Å². The second-order valence-electron chi connectivity index (χ2n) is 2.24. The fourth-order valence-electron chi connectivity index (χ4n) is 0.771. The van der Waals surface area contributed by atoms with E-state index in [1.54, 1.807) is 24.3 Å². The third kappa shape index (κ3) is 2.74. The van der Waals surface area contributed by atoms with Crippen LogP contribution in [0.25, 0.3) is 6.08 Å². The van der Waals surface area contributed by atoms with Gasteiger partial charge in [0.15, 0.2) is 0 Å². The number of hydrogen-bond acceptors (Lipinski definition) is 0. The van der Waals surface area contributed by atoms with Gasteiger partial charge in [-0.1, -0.05) is 30.3 Å². The molecule has 0 bridgehead atoms. The van der Waals surface area contributed by atoms with Crippen molar-refractivity contribution in [1.82, 2.24) is 0 Å². The van der Waals surface area contributed by atoms with E-state index in [0.717, 1.165) is 5.56 Å². The van der Waals surface area contributed by atoms with Gasteiger partial charge in [-0.15, -0.1) is 0 Å². The first-order valence-corrected chi connectivity index (χ1v) is 4.20. The van der Waals surface area contributed by atoms with E-state index in [1.807, 2.05) is 6.07 Å². The standard InChI is InChI=1S/C9H7BrF2/c10-8(9(11)12)6-7-4-2-1-3-5-7/h1-6,9H/b8-6-. The molecule has 64 valence electrons. The van der Waals surface area contributed by atoms with E-state index in [9.17, 15) is 8.78 Å². The summed E-state index contributed by atoms with van der Waals surface area (Å²) in [6.45, 7) is 0.